The molecule has 18 heavy (non-hydrogen) atoms. The van der Waals surface area contributed by atoms with Gasteiger partial charge in [0.05, 0.1) is 6.10 Å². The molecule has 4 heteroatoms. The number of likely N-dealkylation sites (tertiary alicyclic amines) is 1. The van der Waals surface area contributed by atoms with Gasteiger partial charge < -0.3 is 9.72 Å². The van der Waals surface area contributed by atoms with Gasteiger partial charge in [-0.1, -0.05) is 0 Å². The van der Waals surface area contributed by atoms with E-state index in [1.807, 2.05) is 19.5 Å². The number of ether oxygens (including phenoxy) is 1. The second kappa shape index (κ2) is 5.08. The number of pyridine rings is 1. The first-order chi connectivity index (χ1) is 8.85. The van der Waals surface area contributed by atoms with Crippen molar-refractivity contribution < 1.29 is 4.74 Å². The topological polar surface area (TPSA) is 41.1 Å². The molecule has 96 valence electrons. The number of H-pyrrole nitrogens is 1. The van der Waals surface area contributed by atoms with Crippen molar-refractivity contribution in [3.8, 4) is 0 Å². The summed E-state index contributed by atoms with van der Waals surface area (Å²) in [5.74, 6) is 0. The van der Waals surface area contributed by atoms with E-state index in [2.05, 4.69) is 27.0 Å². The average molecular weight is 245 g/mol. The zero-order chi connectivity index (χ0) is 12.4. The molecule has 1 fully saturated rings. The van der Waals surface area contributed by atoms with Crippen molar-refractivity contribution in [1.82, 2.24) is 14.9 Å². The van der Waals surface area contributed by atoms with Gasteiger partial charge in [0.25, 0.3) is 0 Å². The number of aromatic amines is 1. The van der Waals surface area contributed by atoms with E-state index in [4.69, 9.17) is 4.74 Å². The van der Waals surface area contributed by atoms with Gasteiger partial charge in [0.2, 0.25) is 0 Å². The van der Waals surface area contributed by atoms with Gasteiger partial charge in [-0.25, -0.2) is 4.98 Å². The maximum Gasteiger partial charge on any atom is 0.137 e. The van der Waals surface area contributed by atoms with Crippen molar-refractivity contribution in [2.75, 3.05) is 20.2 Å². The molecule has 4 nitrogen and oxygen atoms in total. The molecule has 1 aliphatic rings. The number of hydrogen-bond donors (Lipinski definition) is 1. The zero-order valence-electron chi connectivity index (χ0n) is 10.7. The van der Waals surface area contributed by atoms with Crippen molar-refractivity contribution in [2.24, 2.45) is 0 Å². The van der Waals surface area contributed by atoms with Crippen molar-refractivity contribution in [3.05, 3.63) is 30.1 Å². The van der Waals surface area contributed by atoms with Crippen LogP contribution in [0.4, 0.5) is 0 Å². The lowest BCUT2D eigenvalue weighted by atomic mass is 10.1. The fraction of sp³-hybridized carbons (Fsp3) is 0.500. The Balaban J connectivity index is 1.65. The van der Waals surface area contributed by atoms with Crippen LogP contribution < -0.4 is 0 Å². The van der Waals surface area contributed by atoms with E-state index in [1.54, 1.807) is 0 Å². The Labute approximate surface area is 107 Å². The third kappa shape index (κ3) is 2.40. The molecule has 1 N–H and O–H groups in total. The first-order valence-corrected chi connectivity index (χ1v) is 6.52. The quantitative estimate of drug-likeness (QED) is 0.901. The average Bonchev–Trinajstić information content (AvgIpc) is 2.87. The molecule has 0 unspecified atom stereocenters. The molecule has 0 amide bonds. The minimum Gasteiger partial charge on any atom is -0.381 e. The number of fused-ring (bicyclic) bond motifs is 1. The van der Waals surface area contributed by atoms with Crippen molar-refractivity contribution in [3.63, 3.8) is 0 Å². The summed E-state index contributed by atoms with van der Waals surface area (Å²) >= 11 is 0. The highest BCUT2D eigenvalue weighted by atomic mass is 16.5. The van der Waals surface area contributed by atoms with Crippen LogP contribution in [0.3, 0.4) is 0 Å². The number of rotatable bonds is 3. The van der Waals surface area contributed by atoms with Gasteiger partial charge in [-0.3, -0.25) is 4.90 Å². The molecule has 1 aliphatic heterocycles. The van der Waals surface area contributed by atoms with E-state index in [0.717, 1.165) is 38.1 Å². The molecule has 0 spiro atoms. The molecule has 0 aromatic carbocycles. The van der Waals surface area contributed by atoms with Gasteiger partial charge >= 0.3 is 0 Å². The van der Waals surface area contributed by atoms with E-state index in [0.29, 0.717) is 6.10 Å². The molecule has 0 saturated carbocycles. The van der Waals surface area contributed by atoms with Gasteiger partial charge in [0.15, 0.2) is 0 Å². The Hall–Kier alpha value is -1.39. The summed E-state index contributed by atoms with van der Waals surface area (Å²) in [5.41, 5.74) is 2.26. The minimum absolute atomic E-state index is 0.450. The number of aromatic nitrogens is 2. The summed E-state index contributed by atoms with van der Waals surface area (Å²) in [6.45, 7) is 3.22. The van der Waals surface area contributed by atoms with Gasteiger partial charge in [0.1, 0.15) is 5.65 Å². The highest BCUT2D eigenvalue weighted by Gasteiger charge is 2.18. The molecular formula is C14H19N3O. The molecule has 2 aromatic heterocycles. The largest absolute Gasteiger partial charge is 0.381 e. The summed E-state index contributed by atoms with van der Waals surface area (Å²) in [4.78, 5) is 10.0. The summed E-state index contributed by atoms with van der Waals surface area (Å²) in [5, 5.41) is 1.19. The van der Waals surface area contributed by atoms with Crippen LogP contribution >= 0.6 is 0 Å². The van der Waals surface area contributed by atoms with Crippen LogP contribution in [-0.4, -0.2) is 41.2 Å². The SMILES string of the molecule is COC1CCN(Cc2cnc3[nH]ccc3c2)CC1. The summed E-state index contributed by atoms with van der Waals surface area (Å²) in [7, 11) is 1.81. The summed E-state index contributed by atoms with van der Waals surface area (Å²) in [6.07, 6.45) is 6.63. The third-order valence-corrected chi connectivity index (χ3v) is 3.73. The maximum absolute atomic E-state index is 5.39. The minimum atomic E-state index is 0.450. The van der Waals surface area contributed by atoms with Gasteiger partial charge in [0, 0.05) is 44.5 Å². The zero-order valence-corrected chi connectivity index (χ0v) is 10.7. The number of nitrogens with one attached hydrogen (secondary N) is 1. The molecule has 0 atom stereocenters. The second-order valence-corrected chi connectivity index (χ2v) is 4.97. The van der Waals surface area contributed by atoms with E-state index >= 15 is 0 Å². The predicted molar refractivity (Wildman–Crippen MR) is 71.4 cm³/mol. The predicted octanol–water partition coefficient (Wildman–Crippen LogP) is 2.17. The molecular weight excluding hydrogens is 226 g/mol. The lowest BCUT2D eigenvalue weighted by molar-refractivity contribution is 0.0388. The molecule has 2 aromatic rings. The highest BCUT2D eigenvalue weighted by molar-refractivity contribution is 5.75. The van der Waals surface area contributed by atoms with Crippen LogP contribution in [0.1, 0.15) is 18.4 Å². The smallest absolute Gasteiger partial charge is 0.137 e. The molecule has 0 aliphatic carbocycles. The third-order valence-electron chi connectivity index (χ3n) is 3.73. The van der Waals surface area contributed by atoms with Crippen LogP contribution in [0.15, 0.2) is 24.5 Å². The maximum atomic E-state index is 5.39. The summed E-state index contributed by atoms with van der Waals surface area (Å²) in [6, 6.07) is 4.30. The Kier molecular flexibility index (Phi) is 3.30. The number of piperidine rings is 1. The Morgan fingerprint density at radius 3 is 3.06 bits per heavy atom. The first kappa shape index (κ1) is 11.7. The Bertz CT molecular complexity index is 514. The van der Waals surface area contributed by atoms with Crippen LogP contribution in [0, 0.1) is 0 Å². The van der Waals surface area contributed by atoms with E-state index in [1.165, 1.54) is 10.9 Å². The monoisotopic (exact) mass is 245 g/mol. The second-order valence-electron chi connectivity index (χ2n) is 4.97. The molecule has 1 saturated heterocycles. The number of methoxy groups -OCH3 is 1. The Morgan fingerprint density at radius 1 is 1.44 bits per heavy atom. The van der Waals surface area contributed by atoms with Crippen LogP contribution in [-0.2, 0) is 11.3 Å². The molecule has 3 rings (SSSR count). The number of nitrogens with zero attached hydrogens (tertiary/aromatic N) is 2. The van der Waals surface area contributed by atoms with E-state index in [9.17, 15) is 0 Å². The molecule has 0 bridgehead atoms. The lowest BCUT2D eigenvalue weighted by Crippen LogP contribution is -2.36. The van der Waals surface area contributed by atoms with Crippen LogP contribution in [0.5, 0.6) is 0 Å². The van der Waals surface area contributed by atoms with Crippen molar-refractivity contribution in [2.45, 2.75) is 25.5 Å². The molecule has 3 heterocycles. The van der Waals surface area contributed by atoms with Crippen LogP contribution in [0.25, 0.3) is 11.0 Å². The standard InChI is InChI=1S/C14H19N3O/c1-18-13-3-6-17(7-4-13)10-11-8-12-2-5-15-14(12)16-9-11/h2,5,8-9,13H,3-4,6-7,10H2,1H3,(H,15,16). The summed E-state index contributed by atoms with van der Waals surface area (Å²) < 4.78 is 5.39. The van der Waals surface area contributed by atoms with Crippen molar-refractivity contribution >= 4 is 11.0 Å². The normalized spacial score (nSPS) is 18.5. The number of hydrogen-bond acceptors (Lipinski definition) is 3. The fourth-order valence-corrected chi connectivity index (χ4v) is 2.63. The van der Waals surface area contributed by atoms with E-state index < -0.39 is 0 Å². The van der Waals surface area contributed by atoms with Gasteiger partial charge in [-0.15, -0.1) is 0 Å². The van der Waals surface area contributed by atoms with Crippen LogP contribution in [0.2, 0.25) is 0 Å². The van der Waals surface area contributed by atoms with Gasteiger partial charge in [-0.05, 0) is 30.5 Å². The lowest BCUT2D eigenvalue weighted by Gasteiger charge is -2.31. The molecule has 0 radical (unpaired) electrons. The first-order valence-electron chi connectivity index (χ1n) is 6.52. The van der Waals surface area contributed by atoms with Crippen molar-refractivity contribution in [1.29, 1.82) is 0 Å². The van der Waals surface area contributed by atoms with E-state index in [-0.39, 0.29) is 0 Å². The Morgan fingerprint density at radius 2 is 2.28 bits per heavy atom. The van der Waals surface area contributed by atoms with Gasteiger partial charge in [-0.2, -0.15) is 0 Å². The fourth-order valence-electron chi connectivity index (χ4n) is 2.63. The highest BCUT2D eigenvalue weighted by Crippen LogP contribution is 2.17.